The van der Waals surface area contributed by atoms with Gasteiger partial charge in [0.1, 0.15) is 18.5 Å². The average Bonchev–Trinajstić information content (AvgIpc) is 2.74. The van der Waals surface area contributed by atoms with Gasteiger partial charge >= 0.3 is 5.97 Å². The van der Waals surface area contributed by atoms with Crippen LogP contribution in [0.4, 0.5) is 4.39 Å². The summed E-state index contributed by atoms with van der Waals surface area (Å²) >= 11 is 0. The maximum atomic E-state index is 13.2. The van der Waals surface area contributed by atoms with Crippen molar-refractivity contribution in [1.29, 1.82) is 0 Å². The third-order valence-electron chi connectivity index (χ3n) is 4.53. The van der Waals surface area contributed by atoms with E-state index in [1.165, 1.54) is 12.1 Å². The Kier molecular flexibility index (Phi) is 9.57. The Morgan fingerprint density at radius 2 is 1.67 bits per heavy atom. The van der Waals surface area contributed by atoms with Crippen molar-refractivity contribution in [3.8, 4) is 11.5 Å². The smallest absolute Gasteiger partial charge is 0.305 e. The minimum atomic E-state index is -0.841. The highest BCUT2D eigenvalue weighted by molar-refractivity contribution is 5.69. The molecule has 2 rings (SSSR count). The third-order valence-corrected chi connectivity index (χ3v) is 4.53. The van der Waals surface area contributed by atoms with E-state index in [2.05, 4.69) is 0 Å². The highest BCUT2D eigenvalue weighted by Crippen LogP contribution is 2.28. The molecule has 0 amide bonds. The molecule has 0 radical (unpaired) electrons. The Hall–Kier alpha value is -2.64. The number of rotatable bonds is 12. The molecule has 0 saturated carbocycles. The van der Waals surface area contributed by atoms with Crippen molar-refractivity contribution in [1.82, 2.24) is 4.90 Å². The number of aliphatic hydroxyl groups is 1. The van der Waals surface area contributed by atoms with Crippen LogP contribution in [0, 0.1) is 5.82 Å². The summed E-state index contributed by atoms with van der Waals surface area (Å²) < 4.78 is 29.0. The van der Waals surface area contributed by atoms with Crippen molar-refractivity contribution >= 4 is 5.97 Å². The molecule has 30 heavy (non-hydrogen) atoms. The monoisotopic (exact) mass is 419 g/mol. The van der Waals surface area contributed by atoms with Gasteiger partial charge in [0.25, 0.3) is 0 Å². The van der Waals surface area contributed by atoms with Gasteiger partial charge in [0.15, 0.2) is 11.5 Å². The second kappa shape index (κ2) is 12.1. The first-order valence-electron chi connectivity index (χ1n) is 9.96. The van der Waals surface area contributed by atoms with E-state index in [1.54, 1.807) is 26.4 Å². The third kappa shape index (κ3) is 7.65. The van der Waals surface area contributed by atoms with Crippen molar-refractivity contribution in [2.75, 3.05) is 27.4 Å². The van der Waals surface area contributed by atoms with E-state index in [1.807, 2.05) is 30.0 Å². The molecule has 0 unspecified atom stereocenters. The first kappa shape index (κ1) is 23.6. The lowest BCUT2D eigenvalue weighted by Crippen LogP contribution is -2.34. The number of aliphatic hydroxyl groups excluding tert-OH is 1. The van der Waals surface area contributed by atoms with Crippen LogP contribution in [0.2, 0.25) is 0 Å². The molecule has 164 valence electrons. The van der Waals surface area contributed by atoms with Crippen LogP contribution >= 0.6 is 0 Å². The summed E-state index contributed by atoms with van der Waals surface area (Å²) in [6.45, 7) is 3.12. The second-order valence-corrected chi connectivity index (χ2v) is 7.07. The topological polar surface area (TPSA) is 68.2 Å². The Bertz CT molecular complexity index is 797. The van der Waals surface area contributed by atoms with Crippen LogP contribution in [0.1, 0.15) is 30.9 Å². The molecule has 1 atom stereocenters. The molecule has 0 saturated heterocycles. The highest BCUT2D eigenvalue weighted by atomic mass is 19.1. The quantitative estimate of drug-likeness (QED) is 0.531. The van der Waals surface area contributed by atoms with Crippen molar-refractivity contribution in [3.05, 3.63) is 59.4 Å². The first-order chi connectivity index (χ1) is 14.4. The van der Waals surface area contributed by atoms with E-state index >= 15 is 0 Å². The van der Waals surface area contributed by atoms with Gasteiger partial charge in [0, 0.05) is 26.1 Å². The summed E-state index contributed by atoms with van der Waals surface area (Å²) in [7, 11) is 3.15. The fraction of sp³-hybridized carbons (Fsp3) is 0.435. The van der Waals surface area contributed by atoms with Crippen LogP contribution in [0.5, 0.6) is 11.5 Å². The van der Waals surface area contributed by atoms with E-state index in [9.17, 15) is 14.3 Å². The fourth-order valence-electron chi connectivity index (χ4n) is 3.09. The van der Waals surface area contributed by atoms with E-state index in [4.69, 9.17) is 14.2 Å². The number of hydrogen-bond acceptors (Lipinski definition) is 6. The maximum Gasteiger partial charge on any atom is 0.305 e. The van der Waals surface area contributed by atoms with Gasteiger partial charge in [-0.2, -0.15) is 0 Å². The molecule has 0 aliphatic heterocycles. The molecule has 0 fully saturated rings. The number of ether oxygens (including phenoxy) is 3. The summed E-state index contributed by atoms with van der Waals surface area (Å²) in [6, 6.07) is 11.9. The van der Waals surface area contributed by atoms with Crippen LogP contribution in [-0.4, -0.2) is 49.5 Å². The zero-order valence-electron chi connectivity index (χ0n) is 17.8. The Morgan fingerprint density at radius 3 is 2.30 bits per heavy atom. The minimum absolute atomic E-state index is 0.0648. The number of hydrogen-bond donors (Lipinski definition) is 1. The van der Waals surface area contributed by atoms with Gasteiger partial charge in [0.2, 0.25) is 0 Å². The molecule has 2 aromatic carbocycles. The zero-order chi connectivity index (χ0) is 21.9. The number of benzene rings is 2. The van der Waals surface area contributed by atoms with Crippen molar-refractivity contribution < 1.29 is 28.5 Å². The van der Waals surface area contributed by atoms with Gasteiger partial charge in [0.05, 0.1) is 14.2 Å². The summed E-state index contributed by atoms with van der Waals surface area (Å²) in [5.41, 5.74) is 1.87. The molecule has 0 aliphatic rings. The molecule has 0 aromatic heterocycles. The predicted molar refractivity (Wildman–Crippen MR) is 112 cm³/mol. The molecule has 1 N–H and O–H groups in total. The van der Waals surface area contributed by atoms with Crippen LogP contribution in [0.25, 0.3) is 0 Å². The van der Waals surface area contributed by atoms with Crippen molar-refractivity contribution in [2.24, 2.45) is 0 Å². The van der Waals surface area contributed by atoms with E-state index < -0.39 is 6.10 Å². The number of carbonyl (C=O) groups excluding carboxylic acids is 1. The zero-order valence-corrected chi connectivity index (χ0v) is 17.8. The van der Waals surface area contributed by atoms with Gasteiger partial charge < -0.3 is 19.3 Å². The first-order valence-corrected chi connectivity index (χ1v) is 9.96. The summed E-state index contributed by atoms with van der Waals surface area (Å²) in [4.78, 5) is 13.6. The van der Waals surface area contributed by atoms with Gasteiger partial charge in [-0.1, -0.05) is 25.1 Å². The number of methoxy groups -OCH3 is 2. The average molecular weight is 419 g/mol. The number of halogens is 1. The van der Waals surface area contributed by atoms with Crippen LogP contribution < -0.4 is 9.47 Å². The molecule has 0 bridgehead atoms. The van der Waals surface area contributed by atoms with Crippen molar-refractivity contribution in [3.63, 3.8) is 0 Å². The largest absolute Gasteiger partial charge is 0.493 e. The predicted octanol–water partition coefficient (Wildman–Crippen LogP) is 3.55. The summed E-state index contributed by atoms with van der Waals surface area (Å²) in [6.07, 6.45) is 0.189. The molecule has 2 aromatic rings. The van der Waals surface area contributed by atoms with Gasteiger partial charge in [-0.05, 0) is 41.8 Å². The van der Waals surface area contributed by atoms with E-state index in [0.717, 1.165) is 11.1 Å². The normalized spacial score (nSPS) is 11.9. The minimum Gasteiger partial charge on any atom is -0.493 e. The lowest BCUT2D eigenvalue weighted by molar-refractivity contribution is -0.147. The second-order valence-electron chi connectivity index (χ2n) is 7.07. The highest BCUT2D eigenvalue weighted by Gasteiger charge is 2.16. The van der Waals surface area contributed by atoms with E-state index in [0.29, 0.717) is 37.4 Å². The molecule has 0 heterocycles. The van der Waals surface area contributed by atoms with Gasteiger partial charge in [-0.3, -0.25) is 9.69 Å². The molecule has 6 nitrogen and oxygen atoms in total. The van der Waals surface area contributed by atoms with Crippen LogP contribution in [0.3, 0.4) is 0 Å². The number of nitrogens with zero attached hydrogens (tertiary/aromatic N) is 1. The Balaban J connectivity index is 2.10. The summed E-state index contributed by atoms with van der Waals surface area (Å²) in [5.74, 6) is 0.634. The fourth-order valence-corrected chi connectivity index (χ4v) is 3.09. The molecule has 0 spiro atoms. The van der Waals surface area contributed by atoms with Crippen LogP contribution in [-0.2, 0) is 22.6 Å². The summed E-state index contributed by atoms with van der Waals surface area (Å²) in [5, 5.41) is 10.4. The molecular weight excluding hydrogens is 389 g/mol. The lowest BCUT2D eigenvalue weighted by atomic mass is 10.1. The molecular formula is C23H30FNO5. The van der Waals surface area contributed by atoms with Crippen molar-refractivity contribution in [2.45, 2.75) is 39.0 Å². The molecule has 0 aliphatic carbocycles. The maximum absolute atomic E-state index is 13.2. The van der Waals surface area contributed by atoms with Crippen LogP contribution in [0.15, 0.2) is 42.5 Å². The molecule has 7 heteroatoms. The standard InChI is InChI=1S/C23H30FNO5/c1-4-5-23(27)30-16-20(26)15-25(13-17-6-9-19(24)10-7-17)14-18-8-11-21(28-2)22(12-18)29-3/h6-12,20,26H,4-5,13-16H2,1-3H3/t20-/m0/s1. The van der Waals surface area contributed by atoms with E-state index in [-0.39, 0.29) is 24.9 Å². The van der Waals surface area contributed by atoms with Gasteiger partial charge in [-0.25, -0.2) is 4.39 Å². The van der Waals surface area contributed by atoms with Gasteiger partial charge in [-0.15, -0.1) is 0 Å². The number of carbonyl (C=O) groups is 1. The Morgan fingerprint density at radius 1 is 1.03 bits per heavy atom. The SMILES string of the molecule is CCCC(=O)OC[C@@H](O)CN(Cc1ccc(F)cc1)Cc1ccc(OC)c(OC)c1. The lowest BCUT2D eigenvalue weighted by Gasteiger charge is -2.25. The number of esters is 1. The Labute approximate surface area is 177 Å².